The summed E-state index contributed by atoms with van der Waals surface area (Å²) >= 11 is 0. The summed E-state index contributed by atoms with van der Waals surface area (Å²) in [5.41, 5.74) is 1.99. The van der Waals surface area contributed by atoms with E-state index in [2.05, 4.69) is 0 Å². The van der Waals surface area contributed by atoms with Crippen molar-refractivity contribution in [1.29, 1.82) is 0 Å². The molecule has 126 valence electrons. The molecule has 1 N–H and O–H groups in total. The first-order valence-electron chi connectivity index (χ1n) is 8.40. The van der Waals surface area contributed by atoms with Gasteiger partial charge in [-0.2, -0.15) is 0 Å². The fourth-order valence-electron chi connectivity index (χ4n) is 3.06. The summed E-state index contributed by atoms with van der Waals surface area (Å²) in [5, 5.41) is 9.05. The second kappa shape index (κ2) is 7.62. The van der Waals surface area contributed by atoms with Gasteiger partial charge in [-0.25, -0.2) is 0 Å². The van der Waals surface area contributed by atoms with E-state index in [1.54, 1.807) is 6.92 Å². The molecule has 0 bridgehead atoms. The molecule has 1 saturated carbocycles. The van der Waals surface area contributed by atoms with Crippen LogP contribution in [0.4, 0.5) is 0 Å². The smallest absolute Gasteiger partial charge is 0.310 e. The van der Waals surface area contributed by atoms with Gasteiger partial charge in [0, 0.05) is 0 Å². The van der Waals surface area contributed by atoms with E-state index in [0.29, 0.717) is 5.92 Å². The van der Waals surface area contributed by atoms with Crippen LogP contribution in [0.25, 0.3) is 0 Å². The first-order chi connectivity index (χ1) is 10.9. The lowest BCUT2D eigenvalue weighted by atomic mass is 9.93. The Hall–Kier alpha value is -1.84. The van der Waals surface area contributed by atoms with E-state index in [1.165, 1.54) is 5.56 Å². The van der Waals surface area contributed by atoms with Crippen molar-refractivity contribution in [2.75, 3.05) is 0 Å². The number of carboxylic acids is 1. The number of ether oxygens (including phenoxy) is 1. The predicted octanol–water partition coefficient (Wildman–Crippen LogP) is 3.79. The molecule has 1 aromatic carbocycles. The quantitative estimate of drug-likeness (QED) is 0.811. The lowest BCUT2D eigenvalue weighted by Gasteiger charge is -2.21. The van der Waals surface area contributed by atoms with Crippen molar-refractivity contribution < 1.29 is 19.4 Å². The summed E-state index contributed by atoms with van der Waals surface area (Å²) in [7, 11) is 0. The van der Waals surface area contributed by atoms with Crippen LogP contribution in [0.1, 0.15) is 57.1 Å². The van der Waals surface area contributed by atoms with Crippen LogP contribution in [-0.2, 0) is 20.7 Å². The average Bonchev–Trinajstić information content (AvgIpc) is 2.94. The maximum Gasteiger partial charge on any atom is 0.310 e. The molecule has 1 fully saturated rings. The number of benzene rings is 1. The molecule has 3 atom stereocenters. The van der Waals surface area contributed by atoms with Gasteiger partial charge in [0.25, 0.3) is 0 Å². The van der Waals surface area contributed by atoms with Crippen molar-refractivity contribution in [3.05, 3.63) is 35.4 Å². The van der Waals surface area contributed by atoms with E-state index < -0.39 is 11.9 Å². The zero-order valence-electron chi connectivity index (χ0n) is 14.1. The Bertz CT molecular complexity index is 547. The van der Waals surface area contributed by atoms with Gasteiger partial charge in [-0.15, -0.1) is 0 Å². The maximum absolute atomic E-state index is 11.8. The molecule has 0 heterocycles. The van der Waals surface area contributed by atoms with Gasteiger partial charge in [-0.3, -0.25) is 9.59 Å². The zero-order chi connectivity index (χ0) is 17.0. The van der Waals surface area contributed by atoms with E-state index in [9.17, 15) is 9.59 Å². The first kappa shape index (κ1) is 17.5. The minimum atomic E-state index is -0.811. The van der Waals surface area contributed by atoms with Crippen molar-refractivity contribution >= 4 is 11.9 Å². The molecule has 0 aromatic heterocycles. The Balaban J connectivity index is 1.98. The van der Waals surface area contributed by atoms with Crippen LogP contribution < -0.4 is 0 Å². The summed E-state index contributed by atoms with van der Waals surface area (Å²) < 4.78 is 5.63. The monoisotopic (exact) mass is 318 g/mol. The van der Waals surface area contributed by atoms with E-state index in [4.69, 9.17) is 9.84 Å². The molecule has 4 heteroatoms. The third-order valence-corrected chi connectivity index (χ3v) is 4.68. The van der Waals surface area contributed by atoms with Crippen LogP contribution in [0.3, 0.4) is 0 Å². The fourth-order valence-corrected chi connectivity index (χ4v) is 3.06. The minimum absolute atomic E-state index is 0.0162. The Kier molecular flexibility index (Phi) is 5.80. The zero-order valence-corrected chi connectivity index (χ0v) is 14.1. The van der Waals surface area contributed by atoms with Gasteiger partial charge in [0.2, 0.25) is 0 Å². The third-order valence-electron chi connectivity index (χ3n) is 4.68. The SMILES string of the molecule is CC(C)C(=O)O[C@H]1CCC[C@@H]1Cc1ccc([C@H](C)C(=O)O)cc1. The highest BCUT2D eigenvalue weighted by molar-refractivity contribution is 5.75. The molecule has 4 nitrogen and oxygen atoms in total. The van der Waals surface area contributed by atoms with Crippen LogP contribution in [-0.4, -0.2) is 23.1 Å². The van der Waals surface area contributed by atoms with Crippen LogP contribution in [0, 0.1) is 11.8 Å². The van der Waals surface area contributed by atoms with Crippen molar-refractivity contribution in [3.8, 4) is 0 Å². The van der Waals surface area contributed by atoms with E-state index >= 15 is 0 Å². The molecule has 2 rings (SSSR count). The van der Waals surface area contributed by atoms with Crippen LogP contribution >= 0.6 is 0 Å². The highest BCUT2D eigenvalue weighted by Crippen LogP contribution is 2.32. The molecule has 1 aromatic rings. The summed E-state index contributed by atoms with van der Waals surface area (Å²) in [6, 6.07) is 7.76. The lowest BCUT2D eigenvalue weighted by Crippen LogP contribution is -2.26. The number of carbonyl (C=O) groups excluding carboxylic acids is 1. The van der Waals surface area contributed by atoms with Gasteiger partial charge in [0.05, 0.1) is 11.8 Å². The number of hydrogen-bond donors (Lipinski definition) is 1. The molecular formula is C19H26O4. The maximum atomic E-state index is 11.8. The average molecular weight is 318 g/mol. The van der Waals surface area contributed by atoms with Crippen molar-refractivity contribution in [2.24, 2.45) is 11.8 Å². The normalized spacial score (nSPS) is 22.1. The van der Waals surface area contributed by atoms with Crippen molar-refractivity contribution in [1.82, 2.24) is 0 Å². The van der Waals surface area contributed by atoms with Gasteiger partial charge in [-0.05, 0) is 49.7 Å². The molecule has 0 saturated heterocycles. The summed E-state index contributed by atoms with van der Waals surface area (Å²) in [5.74, 6) is -1.15. The topological polar surface area (TPSA) is 63.6 Å². The minimum Gasteiger partial charge on any atom is -0.481 e. The Morgan fingerprint density at radius 2 is 1.83 bits per heavy atom. The van der Waals surface area contributed by atoms with E-state index in [0.717, 1.165) is 31.2 Å². The number of aliphatic carboxylic acids is 1. The number of carboxylic acid groups (broad SMARTS) is 1. The van der Waals surface area contributed by atoms with Crippen LogP contribution in [0.15, 0.2) is 24.3 Å². The fraction of sp³-hybridized carbons (Fsp3) is 0.579. The van der Waals surface area contributed by atoms with Crippen LogP contribution in [0.5, 0.6) is 0 Å². The van der Waals surface area contributed by atoms with E-state index in [-0.39, 0.29) is 18.0 Å². The highest BCUT2D eigenvalue weighted by atomic mass is 16.5. The van der Waals surface area contributed by atoms with Gasteiger partial charge >= 0.3 is 11.9 Å². The molecule has 0 spiro atoms. The Morgan fingerprint density at radius 1 is 1.17 bits per heavy atom. The molecule has 23 heavy (non-hydrogen) atoms. The van der Waals surface area contributed by atoms with Gasteiger partial charge in [0.1, 0.15) is 6.10 Å². The molecule has 0 radical (unpaired) electrons. The summed E-state index contributed by atoms with van der Waals surface area (Å²) in [6.07, 6.45) is 4.00. The Labute approximate surface area is 137 Å². The van der Waals surface area contributed by atoms with Crippen molar-refractivity contribution in [3.63, 3.8) is 0 Å². The Morgan fingerprint density at radius 3 is 2.39 bits per heavy atom. The van der Waals surface area contributed by atoms with Crippen LogP contribution in [0.2, 0.25) is 0 Å². The largest absolute Gasteiger partial charge is 0.481 e. The van der Waals surface area contributed by atoms with Gasteiger partial charge in [-0.1, -0.05) is 38.1 Å². The predicted molar refractivity (Wildman–Crippen MR) is 88.3 cm³/mol. The molecule has 1 aliphatic carbocycles. The number of hydrogen-bond acceptors (Lipinski definition) is 3. The number of esters is 1. The summed E-state index contributed by atoms with van der Waals surface area (Å²) in [4.78, 5) is 22.8. The highest BCUT2D eigenvalue weighted by Gasteiger charge is 2.31. The first-order valence-corrected chi connectivity index (χ1v) is 8.40. The summed E-state index contributed by atoms with van der Waals surface area (Å²) in [6.45, 7) is 5.40. The van der Waals surface area contributed by atoms with Gasteiger partial charge < -0.3 is 9.84 Å². The second-order valence-electron chi connectivity index (χ2n) is 6.83. The third kappa shape index (κ3) is 4.57. The number of carbonyl (C=O) groups is 2. The molecule has 0 aliphatic heterocycles. The van der Waals surface area contributed by atoms with E-state index in [1.807, 2.05) is 38.1 Å². The second-order valence-corrected chi connectivity index (χ2v) is 6.83. The molecule has 1 aliphatic rings. The molecular weight excluding hydrogens is 292 g/mol. The van der Waals surface area contributed by atoms with Gasteiger partial charge in [0.15, 0.2) is 0 Å². The molecule has 0 amide bonds. The lowest BCUT2D eigenvalue weighted by molar-refractivity contribution is -0.154. The van der Waals surface area contributed by atoms with Crippen molar-refractivity contribution in [2.45, 2.75) is 58.5 Å². The number of rotatable bonds is 6. The molecule has 0 unspecified atom stereocenters. The standard InChI is InChI=1S/C19H26O4/c1-12(2)19(22)23-17-6-4-5-16(17)11-14-7-9-15(10-8-14)13(3)18(20)21/h7-10,12-13,16-17H,4-6,11H2,1-3H3,(H,20,21)/t13-,16+,17-/m0/s1.